The largest absolute Gasteiger partial charge is 0.543 e. The Bertz CT molecular complexity index is 666. The molecule has 1 rings (SSSR count). The topological polar surface area (TPSA) is 27.7 Å². The summed E-state index contributed by atoms with van der Waals surface area (Å²) >= 11 is 0. The van der Waals surface area contributed by atoms with Crippen molar-refractivity contribution >= 4 is 38.7 Å². The summed E-state index contributed by atoms with van der Waals surface area (Å²) in [7, 11) is -7.98. The molecule has 0 N–H and O–H groups in total. The van der Waals surface area contributed by atoms with E-state index in [9.17, 15) is 0 Å². The van der Waals surface area contributed by atoms with Gasteiger partial charge in [0, 0.05) is 0 Å². The third-order valence-electron chi connectivity index (χ3n) is 5.70. The Morgan fingerprint density at radius 3 is 1.37 bits per heavy atom. The molecule has 0 unspecified atom stereocenters. The Morgan fingerprint density at radius 2 is 1.07 bits per heavy atom. The molecule has 1 aromatic rings. The first-order valence-corrected chi connectivity index (χ1v) is 22.8. The lowest BCUT2D eigenvalue weighted by molar-refractivity contribution is 0.404. The predicted molar refractivity (Wildman–Crippen MR) is 143 cm³/mol. The molecule has 0 heterocycles. The molecule has 0 atom stereocenters. The van der Waals surface area contributed by atoms with Crippen LogP contribution in [0, 0.1) is 6.92 Å². The summed E-state index contributed by atoms with van der Waals surface area (Å²) in [4.78, 5) is 0. The van der Waals surface area contributed by atoms with Crippen molar-refractivity contribution in [3.8, 4) is 5.75 Å². The molecule has 0 aliphatic rings. The van der Waals surface area contributed by atoms with E-state index in [0.717, 1.165) is 5.75 Å². The van der Waals surface area contributed by atoms with Crippen LogP contribution < -0.4 is 9.61 Å². The molecular formula is C23H48O3Si4. The fraction of sp³-hybridized carbons (Fsp3) is 0.739. The third kappa shape index (κ3) is 6.90. The molecule has 0 aliphatic carbocycles. The van der Waals surface area contributed by atoms with Crippen LogP contribution in [0.2, 0.25) is 62.5 Å². The first-order valence-electron chi connectivity index (χ1n) is 11.5. The highest BCUT2D eigenvalue weighted by molar-refractivity contribution is 6.94. The van der Waals surface area contributed by atoms with Gasteiger partial charge in [-0.05, 0) is 86.2 Å². The maximum atomic E-state index is 6.98. The Morgan fingerprint density at radius 1 is 0.667 bits per heavy atom. The molecule has 0 bridgehead atoms. The van der Waals surface area contributed by atoms with Crippen molar-refractivity contribution in [2.75, 3.05) is 0 Å². The number of rotatable bonds is 10. The SMILES string of the molecule is Cc1cc([Si](C)(O[Si](C)(C)C)O[Si](C)(C)C)ccc1O[Si](C(C)C)(C(C)C)C(C)C. The summed E-state index contributed by atoms with van der Waals surface area (Å²) in [5, 5.41) is 1.23. The second-order valence-electron chi connectivity index (χ2n) is 11.8. The van der Waals surface area contributed by atoms with Crippen LogP contribution in [-0.4, -0.2) is 33.5 Å². The van der Waals surface area contributed by atoms with Gasteiger partial charge < -0.3 is 12.7 Å². The molecule has 0 saturated heterocycles. The van der Waals surface area contributed by atoms with Crippen molar-refractivity contribution in [2.24, 2.45) is 0 Å². The predicted octanol–water partition coefficient (Wildman–Crippen LogP) is 7.53. The number of aryl methyl sites for hydroxylation is 1. The van der Waals surface area contributed by atoms with Crippen LogP contribution in [0.1, 0.15) is 47.1 Å². The zero-order valence-corrected chi connectivity index (χ0v) is 26.2. The average Bonchev–Trinajstić information content (AvgIpc) is 2.48. The van der Waals surface area contributed by atoms with Gasteiger partial charge in [0.2, 0.25) is 0 Å². The van der Waals surface area contributed by atoms with Gasteiger partial charge in [0.1, 0.15) is 5.75 Å². The van der Waals surface area contributed by atoms with Crippen LogP contribution in [0.4, 0.5) is 0 Å². The van der Waals surface area contributed by atoms with Crippen molar-refractivity contribution in [1.29, 1.82) is 0 Å². The Balaban J connectivity index is 3.43. The van der Waals surface area contributed by atoms with E-state index in [1.807, 2.05) is 0 Å². The molecule has 1 aromatic carbocycles. The molecule has 7 heteroatoms. The molecule has 0 aromatic heterocycles. The molecule has 0 fully saturated rings. The second-order valence-corrected chi connectivity index (χ2v) is 29.7. The first kappa shape index (κ1) is 27.8. The normalized spacial score (nSPS) is 14.2. The maximum Gasteiger partial charge on any atom is 0.348 e. The van der Waals surface area contributed by atoms with Crippen molar-refractivity contribution in [2.45, 2.75) is 111 Å². The fourth-order valence-corrected chi connectivity index (χ4v) is 21.9. The standard InChI is InChI=1S/C23H48O3Si4/c1-18(2)30(19(3)4,20(5)6)24-23-16-15-22(17-21(23)7)29(14,25-27(8,9)10)26-28(11,12)13/h15-20H,1-14H3. The van der Waals surface area contributed by atoms with Crippen molar-refractivity contribution in [3.05, 3.63) is 23.8 Å². The lowest BCUT2D eigenvalue weighted by Crippen LogP contribution is -2.60. The van der Waals surface area contributed by atoms with Crippen LogP contribution in [-0.2, 0) is 8.23 Å². The molecule has 174 valence electrons. The lowest BCUT2D eigenvalue weighted by Gasteiger charge is -2.43. The van der Waals surface area contributed by atoms with Crippen LogP contribution in [0.5, 0.6) is 5.75 Å². The number of hydrogen-bond acceptors (Lipinski definition) is 3. The molecule has 0 spiro atoms. The molecule has 3 nitrogen and oxygen atoms in total. The van der Waals surface area contributed by atoms with E-state index in [2.05, 4.69) is 112 Å². The van der Waals surface area contributed by atoms with Crippen LogP contribution in [0.15, 0.2) is 18.2 Å². The van der Waals surface area contributed by atoms with Crippen LogP contribution >= 0.6 is 0 Å². The van der Waals surface area contributed by atoms with Gasteiger partial charge in [-0.25, -0.2) is 0 Å². The van der Waals surface area contributed by atoms with Crippen molar-refractivity contribution in [1.82, 2.24) is 0 Å². The summed E-state index contributed by atoms with van der Waals surface area (Å²) in [6, 6.07) is 6.68. The van der Waals surface area contributed by atoms with E-state index >= 15 is 0 Å². The van der Waals surface area contributed by atoms with Gasteiger partial charge in [-0.15, -0.1) is 0 Å². The van der Waals surface area contributed by atoms with Gasteiger partial charge in [-0.2, -0.15) is 0 Å². The highest BCUT2D eigenvalue weighted by Crippen LogP contribution is 2.43. The average molecular weight is 485 g/mol. The second kappa shape index (κ2) is 9.75. The van der Waals surface area contributed by atoms with Gasteiger partial charge in [0.15, 0.2) is 16.6 Å². The summed E-state index contributed by atoms with van der Waals surface area (Å²) < 4.78 is 20.5. The molecule has 0 saturated carbocycles. The molecule has 0 aliphatic heterocycles. The van der Waals surface area contributed by atoms with Gasteiger partial charge in [0.05, 0.1) is 0 Å². The minimum absolute atomic E-state index is 0.557. The Hall–Kier alpha value is -0.192. The number of benzene rings is 1. The third-order valence-corrected chi connectivity index (χ3v) is 21.1. The first-order chi connectivity index (χ1) is 13.3. The number of hydrogen-bond donors (Lipinski definition) is 0. The maximum absolute atomic E-state index is 6.98. The lowest BCUT2D eigenvalue weighted by atomic mass is 10.2. The molecule has 0 radical (unpaired) electrons. The Kier molecular flexibility index (Phi) is 9.04. The summed E-state index contributed by atoms with van der Waals surface area (Å²) in [5.41, 5.74) is 2.87. The minimum atomic E-state index is -2.50. The van der Waals surface area contributed by atoms with E-state index in [1.165, 1.54) is 10.8 Å². The van der Waals surface area contributed by atoms with E-state index < -0.39 is 33.5 Å². The molecular weight excluding hydrogens is 437 g/mol. The monoisotopic (exact) mass is 484 g/mol. The van der Waals surface area contributed by atoms with E-state index in [4.69, 9.17) is 12.7 Å². The summed E-state index contributed by atoms with van der Waals surface area (Å²) in [6.07, 6.45) is 0. The van der Waals surface area contributed by atoms with Crippen molar-refractivity contribution in [3.63, 3.8) is 0 Å². The van der Waals surface area contributed by atoms with Crippen molar-refractivity contribution < 1.29 is 12.7 Å². The fourth-order valence-electron chi connectivity index (χ4n) is 4.90. The summed E-state index contributed by atoms with van der Waals surface area (Å²) in [5.74, 6) is 1.04. The van der Waals surface area contributed by atoms with Crippen LogP contribution in [0.3, 0.4) is 0 Å². The molecule has 0 amide bonds. The zero-order valence-electron chi connectivity index (χ0n) is 22.2. The highest BCUT2D eigenvalue weighted by Gasteiger charge is 2.47. The molecule has 30 heavy (non-hydrogen) atoms. The highest BCUT2D eigenvalue weighted by atomic mass is 28.5. The van der Waals surface area contributed by atoms with Gasteiger partial charge >= 0.3 is 8.56 Å². The van der Waals surface area contributed by atoms with Gasteiger partial charge in [-0.3, -0.25) is 0 Å². The van der Waals surface area contributed by atoms with Gasteiger partial charge in [-0.1, -0.05) is 53.7 Å². The minimum Gasteiger partial charge on any atom is -0.543 e. The Labute approximate surface area is 191 Å². The van der Waals surface area contributed by atoms with Crippen LogP contribution in [0.25, 0.3) is 0 Å². The van der Waals surface area contributed by atoms with E-state index in [0.29, 0.717) is 16.6 Å². The van der Waals surface area contributed by atoms with E-state index in [-0.39, 0.29) is 0 Å². The summed E-state index contributed by atoms with van der Waals surface area (Å²) in [6.45, 7) is 32.0. The van der Waals surface area contributed by atoms with E-state index in [1.54, 1.807) is 0 Å². The smallest absolute Gasteiger partial charge is 0.348 e. The zero-order chi connectivity index (χ0) is 23.7. The van der Waals surface area contributed by atoms with Gasteiger partial charge in [0.25, 0.3) is 8.32 Å². The quantitative estimate of drug-likeness (QED) is 0.321.